The van der Waals surface area contributed by atoms with Crippen molar-refractivity contribution in [3.63, 3.8) is 0 Å². The van der Waals surface area contributed by atoms with Gasteiger partial charge in [-0.2, -0.15) is 0 Å². The minimum Gasteiger partial charge on any atom is -0.283 e. The molecule has 2 fully saturated rings. The molecule has 0 atom stereocenters. The maximum absolute atomic E-state index is 2.31. The van der Waals surface area contributed by atoms with Crippen LogP contribution in [-0.4, -0.2) is 36.0 Å². The second kappa shape index (κ2) is 1.20. The van der Waals surface area contributed by atoms with Gasteiger partial charge < -0.3 is 0 Å². The molecular formula is C5H9N2. The molecular weight excluding hydrogens is 88.1 g/mol. The number of rotatable bonds is 2. The van der Waals surface area contributed by atoms with Crippen molar-refractivity contribution in [3.8, 4) is 0 Å². The van der Waals surface area contributed by atoms with Gasteiger partial charge in [-0.3, -0.25) is 9.80 Å². The van der Waals surface area contributed by atoms with Gasteiger partial charge in [0.1, 0.15) is 0 Å². The van der Waals surface area contributed by atoms with E-state index in [-0.39, 0.29) is 0 Å². The van der Waals surface area contributed by atoms with Crippen molar-refractivity contribution < 1.29 is 0 Å². The van der Waals surface area contributed by atoms with E-state index in [1.54, 1.807) is 0 Å². The summed E-state index contributed by atoms with van der Waals surface area (Å²) in [5.74, 6) is 0. The smallest absolute Gasteiger partial charge is 0.0923 e. The van der Waals surface area contributed by atoms with E-state index in [9.17, 15) is 0 Å². The summed E-state index contributed by atoms with van der Waals surface area (Å²) >= 11 is 0. The van der Waals surface area contributed by atoms with Crippen molar-refractivity contribution >= 4 is 0 Å². The molecule has 7 heavy (non-hydrogen) atoms. The lowest BCUT2D eigenvalue weighted by Crippen LogP contribution is -2.00. The van der Waals surface area contributed by atoms with Crippen LogP contribution < -0.4 is 0 Å². The molecule has 1 radical (unpaired) electrons. The van der Waals surface area contributed by atoms with Crippen molar-refractivity contribution in [1.29, 1.82) is 0 Å². The highest BCUT2D eigenvalue weighted by molar-refractivity contribution is 4.87. The lowest BCUT2D eigenvalue weighted by molar-refractivity contribution is 0.497. The van der Waals surface area contributed by atoms with Crippen LogP contribution >= 0.6 is 0 Å². The molecule has 0 saturated carbocycles. The third-order valence-corrected chi connectivity index (χ3v) is 1.29. The average Bonchev–Trinajstić information content (AvgIpc) is 2.33. The average molecular weight is 97.1 g/mol. The van der Waals surface area contributed by atoms with Crippen LogP contribution in [0.5, 0.6) is 0 Å². The second-order valence-corrected chi connectivity index (χ2v) is 2.19. The predicted octanol–water partition coefficient (Wildman–Crippen LogP) is -0.263. The lowest BCUT2D eigenvalue weighted by atomic mass is 11.0. The summed E-state index contributed by atoms with van der Waals surface area (Å²) in [7, 11) is 0. The third kappa shape index (κ3) is 0.924. The molecule has 2 rings (SSSR count). The quantitative estimate of drug-likeness (QED) is 0.438. The van der Waals surface area contributed by atoms with Crippen LogP contribution in [0, 0.1) is 6.67 Å². The van der Waals surface area contributed by atoms with E-state index in [1.165, 1.54) is 26.2 Å². The van der Waals surface area contributed by atoms with Crippen molar-refractivity contribution in [2.75, 3.05) is 26.2 Å². The summed E-state index contributed by atoms with van der Waals surface area (Å²) in [6.45, 7) is 7.38. The summed E-state index contributed by atoms with van der Waals surface area (Å²) < 4.78 is 0. The molecule has 0 spiro atoms. The van der Waals surface area contributed by atoms with E-state index in [0.29, 0.717) is 0 Å². The van der Waals surface area contributed by atoms with Gasteiger partial charge in [0.05, 0.1) is 6.67 Å². The van der Waals surface area contributed by atoms with Gasteiger partial charge in [-0.05, 0) is 0 Å². The number of nitrogens with zero attached hydrogens (tertiary/aromatic N) is 2. The first-order valence-electron chi connectivity index (χ1n) is 2.78. The highest BCUT2D eigenvalue weighted by Crippen LogP contribution is 2.14. The van der Waals surface area contributed by atoms with Gasteiger partial charge in [0.25, 0.3) is 0 Å². The molecule has 2 aliphatic heterocycles. The van der Waals surface area contributed by atoms with Gasteiger partial charge in [0.2, 0.25) is 0 Å². The summed E-state index contributed by atoms with van der Waals surface area (Å²) in [6, 6.07) is 0. The Morgan fingerprint density at radius 2 is 1.29 bits per heavy atom. The Hall–Kier alpha value is -0.0800. The molecule has 0 bridgehead atoms. The molecule has 2 heteroatoms. The Labute approximate surface area is 43.7 Å². The molecule has 0 unspecified atom stereocenters. The molecule has 0 N–H and O–H groups in total. The van der Waals surface area contributed by atoms with Crippen LogP contribution in [0.4, 0.5) is 0 Å². The van der Waals surface area contributed by atoms with E-state index < -0.39 is 0 Å². The van der Waals surface area contributed by atoms with Gasteiger partial charge in [-0.15, -0.1) is 0 Å². The van der Waals surface area contributed by atoms with Crippen LogP contribution in [0.2, 0.25) is 0 Å². The zero-order valence-electron chi connectivity index (χ0n) is 4.30. The number of hydrogen-bond acceptors (Lipinski definition) is 2. The van der Waals surface area contributed by atoms with Crippen LogP contribution in [0.25, 0.3) is 0 Å². The van der Waals surface area contributed by atoms with Gasteiger partial charge in [0, 0.05) is 26.2 Å². The first-order valence-corrected chi connectivity index (χ1v) is 2.78. The highest BCUT2D eigenvalue weighted by atomic mass is 15.4. The Kier molecular flexibility index (Phi) is 0.664. The fraction of sp³-hybridized carbons (Fsp3) is 0.800. The normalized spacial score (nSPS) is 30.9. The summed E-state index contributed by atoms with van der Waals surface area (Å²) in [5, 5.41) is 0. The Balaban J connectivity index is 1.69. The molecule has 39 valence electrons. The summed E-state index contributed by atoms with van der Waals surface area (Å²) in [6.07, 6.45) is 0. The maximum atomic E-state index is 2.31. The lowest BCUT2D eigenvalue weighted by Gasteiger charge is -1.94. The van der Waals surface area contributed by atoms with Crippen LogP contribution in [-0.2, 0) is 0 Å². The molecule has 2 saturated heterocycles. The molecule has 0 aromatic rings. The van der Waals surface area contributed by atoms with Crippen LogP contribution in [0.15, 0.2) is 0 Å². The Morgan fingerprint density at radius 1 is 0.857 bits per heavy atom. The highest BCUT2D eigenvalue weighted by Gasteiger charge is 2.26. The van der Waals surface area contributed by atoms with Gasteiger partial charge in [-0.1, -0.05) is 0 Å². The van der Waals surface area contributed by atoms with Crippen molar-refractivity contribution in [1.82, 2.24) is 9.80 Å². The molecule has 0 aromatic heterocycles. The minimum atomic E-state index is 1.29. The third-order valence-electron chi connectivity index (χ3n) is 1.29. The fourth-order valence-corrected chi connectivity index (χ4v) is 0.577. The van der Waals surface area contributed by atoms with E-state index in [1.807, 2.05) is 0 Å². The first kappa shape index (κ1) is 3.87. The summed E-state index contributed by atoms with van der Waals surface area (Å²) in [4.78, 5) is 4.62. The van der Waals surface area contributed by atoms with E-state index >= 15 is 0 Å². The molecule has 2 heterocycles. The first-order chi connectivity index (χ1) is 3.45. The Morgan fingerprint density at radius 3 is 1.57 bits per heavy atom. The zero-order chi connectivity index (χ0) is 4.69. The zero-order valence-corrected chi connectivity index (χ0v) is 4.30. The predicted molar refractivity (Wildman–Crippen MR) is 27.4 cm³/mol. The van der Waals surface area contributed by atoms with Gasteiger partial charge in [0.15, 0.2) is 0 Å². The van der Waals surface area contributed by atoms with Gasteiger partial charge >= 0.3 is 0 Å². The largest absolute Gasteiger partial charge is 0.283 e. The monoisotopic (exact) mass is 97.1 g/mol. The topological polar surface area (TPSA) is 6.02 Å². The molecule has 0 aromatic carbocycles. The van der Waals surface area contributed by atoms with E-state index in [0.717, 1.165) is 0 Å². The van der Waals surface area contributed by atoms with E-state index in [4.69, 9.17) is 0 Å². The number of hydrogen-bond donors (Lipinski definition) is 0. The van der Waals surface area contributed by atoms with Crippen LogP contribution in [0.1, 0.15) is 0 Å². The Bertz CT molecular complexity index is 64.1. The van der Waals surface area contributed by atoms with Crippen molar-refractivity contribution in [2.24, 2.45) is 0 Å². The standard InChI is InChI=1S/C5H9N2/c1-2-6(1)5-7-3-4-7/h5H,1-4H2. The summed E-state index contributed by atoms with van der Waals surface area (Å²) in [5.41, 5.74) is 0. The van der Waals surface area contributed by atoms with Crippen molar-refractivity contribution in [3.05, 3.63) is 6.67 Å². The maximum Gasteiger partial charge on any atom is 0.0923 e. The van der Waals surface area contributed by atoms with E-state index in [2.05, 4.69) is 16.5 Å². The van der Waals surface area contributed by atoms with Crippen LogP contribution in [0.3, 0.4) is 0 Å². The fourth-order valence-electron chi connectivity index (χ4n) is 0.577. The second-order valence-electron chi connectivity index (χ2n) is 2.19. The molecule has 2 nitrogen and oxygen atoms in total. The molecule has 0 amide bonds. The SMILES string of the molecule is [CH](N1CC1)N1CC1. The minimum absolute atomic E-state index is 1.29. The van der Waals surface area contributed by atoms with Gasteiger partial charge in [-0.25, -0.2) is 0 Å². The molecule has 2 aliphatic rings. The van der Waals surface area contributed by atoms with Crippen molar-refractivity contribution in [2.45, 2.75) is 0 Å². The molecule has 0 aliphatic carbocycles.